The quantitative estimate of drug-likeness (QED) is 0.856. The monoisotopic (exact) mass is 231 g/mol. The van der Waals surface area contributed by atoms with Crippen LogP contribution in [0, 0.1) is 0 Å². The molecule has 1 unspecified atom stereocenters. The van der Waals surface area contributed by atoms with Crippen LogP contribution in [0.15, 0.2) is 42.7 Å². The highest BCUT2D eigenvalue weighted by Gasteiger charge is 2.11. The minimum Gasteiger partial charge on any atom is -0.481 e. The number of aromatic nitrogens is 2. The molecular weight excluding hydrogens is 214 g/mol. The lowest BCUT2D eigenvalue weighted by molar-refractivity contribution is 0.214. The Morgan fingerprint density at radius 3 is 2.71 bits per heavy atom. The third kappa shape index (κ3) is 2.85. The Morgan fingerprint density at radius 1 is 1.35 bits per heavy atom. The van der Waals surface area contributed by atoms with E-state index in [1.165, 1.54) is 0 Å². The molecule has 0 amide bonds. The number of aryl methyl sites for hydroxylation is 1. The number of nitrogens with zero attached hydrogens (tertiary/aromatic N) is 2. The van der Waals surface area contributed by atoms with E-state index in [9.17, 15) is 0 Å². The number of rotatable bonds is 5. The van der Waals surface area contributed by atoms with Gasteiger partial charge in [0.15, 0.2) is 5.75 Å². The molecule has 1 aromatic carbocycles. The van der Waals surface area contributed by atoms with Gasteiger partial charge < -0.3 is 10.5 Å². The van der Waals surface area contributed by atoms with Gasteiger partial charge in [-0.2, -0.15) is 5.10 Å². The summed E-state index contributed by atoms with van der Waals surface area (Å²) in [5.74, 6) is 0.756. The minimum atomic E-state index is -0.120. The zero-order valence-corrected chi connectivity index (χ0v) is 9.91. The molecule has 4 nitrogen and oxygen atoms in total. The maximum absolute atomic E-state index is 5.82. The fraction of sp³-hybridized carbons (Fsp3) is 0.308. The third-order valence-electron chi connectivity index (χ3n) is 2.60. The van der Waals surface area contributed by atoms with E-state index in [2.05, 4.69) is 5.10 Å². The van der Waals surface area contributed by atoms with Gasteiger partial charge in [0.1, 0.15) is 6.10 Å². The summed E-state index contributed by atoms with van der Waals surface area (Å²) >= 11 is 0. The Morgan fingerprint density at radius 2 is 2.12 bits per heavy atom. The number of hydrogen-bond donors (Lipinski definition) is 1. The van der Waals surface area contributed by atoms with Gasteiger partial charge in [0.2, 0.25) is 0 Å². The van der Waals surface area contributed by atoms with Crippen LogP contribution in [0.3, 0.4) is 0 Å². The summed E-state index contributed by atoms with van der Waals surface area (Å²) in [4.78, 5) is 0. The van der Waals surface area contributed by atoms with Gasteiger partial charge in [-0.15, -0.1) is 0 Å². The molecule has 0 bridgehead atoms. The summed E-state index contributed by atoms with van der Waals surface area (Å²) < 4.78 is 7.65. The van der Waals surface area contributed by atoms with Crippen molar-refractivity contribution >= 4 is 0 Å². The Balaban J connectivity index is 2.10. The highest BCUT2D eigenvalue weighted by Crippen LogP contribution is 2.20. The molecule has 2 aromatic rings. The average molecular weight is 231 g/mol. The van der Waals surface area contributed by atoms with Crippen LogP contribution in [-0.2, 0) is 6.54 Å². The maximum Gasteiger partial charge on any atom is 0.158 e. The minimum absolute atomic E-state index is 0.120. The molecule has 2 N–H and O–H groups in total. The standard InChI is InChI=1S/C13H17N3O/c1-2-16-10-12(9-15-16)17-13(8-14)11-6-4-3-5-7-11/h3-7,9-10,13H,2,8,14H2,1H3. The first-order valence-corrected chi connectivity index (χ1v) is 5.77. The van der Waals surface area contributed by atoms with Crippen LogP contribution in [-0.4, -0.2) is 16.3 Å². The molecule has 0 aliphatic rings. The summed E-state index contributed by atoms with van der Waals surface area (Å²) in [7, 11) is 0. The Hall–Kier alpha value is -1.81. The fourth-order valence-electron chi connectivity index (χ4n) is 1.66. The molecule has 1 aromatic heterocycles. The maximum atomic E-state index is 5.82. The van der Waals surface area contributed by atoms with Crippen molar-refractivity contribution in [3.8, 4) is 5.75 Å². The molecule has 0 aliphatic heterocycles. The molecule has 90 valence electrons. The van der Waals surface area contributed by atoms with Crippen LogP contribution in [0.25, 0.3) is 0 Å². The second-order valence-corrected chi connectivity index (χ2v) is 3.78. The van der Waals surface area contributed by atoms with Gasteiger partial charge in [-0.05, 0) is 12.5 Å². The molecule has 2 rings (SSSR count). The second-order valence-electron chi connectivity index (χ2n) is 3.78. The van der Waals surface area contributed by atoms with Crippen LogP contribution in [0.2, 0.25) is 0 Å². The summed E-state index contributed by atoms with van der Waals surface area (Å²) in [5, 5.41) is 4.17. The van der Waals surface area contributed by atoms with Crippen molar-refractivity contribution in [1.29, 1.82) is 0 Å². The molecular formula is C13H17N3O. The van der Waals surface area contributed by atoms with Crippen LogP contribution in [0.1, 0.15) is 18.6 Å². The molecule has 0 saturated carbocycles. The molecule has 0 spiro atoms. The first kappa shape index (κ1) is 11.7. The van der Waals surface area contributed by atoms with Crippen molar-refractivity contribution in [3.63, 3.8) is 0 Å². The van der Waals surface area contributed by atoms with E-state index in [4.69, 9.17) is 10.5 Å². The van der Waals surface area contributed by atoms with Gasteiger partial charge in [-0.1, -0.05) is 30.3 Å². The summed E-state index contributed by atoms with van der Waals surface area (Å²) in [6, 6.07) is 9.98. The van der Waals surface area contributed by atoms with Crippen molar-refractivity contribution in [2.75, 3.05) is 6.54 Å². The molecule has 0 aliphatic carbocycles. The zero-order chi connectivity index (χ0) is 12.1. The summed E-state index contributed by atoms with van der Waals surface area (Å²) in [5.41, 5.74) is 6.82. The fourth-order valence-corrected chi connectivity index (χ4v) is 1.66. The largest absolute Gasteiger partial charge is 0.481 e. The lowest BCUT2D eigenvalue weighted by atomic mass is 10.1. The van der Waals surface area contributed by atoms with Crippen LogP contribution in [0.4, 0.5) is 0 Å². The molecule has 0 fully saturated rings. The van der Waals surface area contributed by atoms with Crippen LogP contribution < -0.4 is 10.5 Å². The number of nitrogens with two attached hydrogens (primary N) is 1. The molecule has 17 heavy (non-hydrogen) atoms. The number of hydrogen-bond acceptors (Lipinski definition) is 3. The van der Waals surface area contributed by atoms with E-state index in [1.54, 1.807) is 6.20 Å². The van der Waals surface area contributed by atoms with Crippen molar-refractivity contribution in [2.24, 2.45) is 5.73 Å². The zero-order valence-electron chi connectivity index (χ0n) is 9.91. The predicted molar refractivity (Wildman–Crippen MR) is 66.8 cm³/mol. The third-order valence-corrected chi connectivity index (χ3v) is 2.60. The second kappa shape index (κ2) is 5.50. The van der Waals surface area contributed by atoms with Gasteiger partial charge >= 0.3 is 0 Å². The van der Waals surface area contributed by atoms with Gasteiger partial charge in [0.05, 0.1) is 12.4 Å². The SMILES string of the molecule is CCn1cc(OC(CN)c2ccccc2)cn1. The lowest BCUT2D eigenvalue weighted by Crippen LogP contribution is -2.18. The Labute approximate surface area is 101 Å². The first-order valence-electron chi connectivity index (χ1n) is 5.77. The predicted octanol–water partition coefficient (Wildman–Crippen LogP) is 1.98. The summed E-state index contributed by atoms with van der Waals surface area (Å²) in [6.45, 7) is 3.32. The average Bonchev–Trinajstić information content (AvgIpc) is 2.84. The normalized spacial score (nSPS) is 12.4. The van der Waals surface area contributed by atoms with E-state index in [0.29, 0.717) is 6.54 Å². The number of benzene rings is 1. The van der Waals surface area contributed by atoms with E-state index in [-0.39, 0.29) is 6.10 Å². The Kier molecular flexibility index (Phi) is 3.77. The van der Waals surface area contributed by atoms with Gasteiger partial charge in [-0.3, -0.25) is 4.68 Å². The van der Waals surface area contributed by atoms with Gasteiger partial charge in [0.25, 0.3) is 0 Å². The first-order chi connectivity index (χ1) is 8.33. The summed E-state index contributed by atoms with van der Waals surface area (Å²) in [6.07, 6.45) is 3.48. The molecule has 4 heteroatoms. The van der Waals surface area contributed by atoms with E-state index in [1.807, 2.05) is 48.1 Å². The highest BCUT2D eigenvalue weighted by atomic mass is 16.5. The van der Waals surface area contributed by atoms with Crippen molar-refractivity contribution in [2.45, 2.75) is 19.6 Å². The van der Waals surface area contributed by atoms with Crippen molar-refractivity contribution < 1.29 is 4.74 Å². The molecule has 0 radical (unpaired) electrons. The van der Waals surface area contributed by atoms with E-state index >= 15 is 0 Å². The van der Waals surface area contributed by atoms with E-state index < -0.39 is 0 Å². The number of ether oxygens (including phenoxy) is 1. The topological polar surface area (TPSA) is 53.1 Å². The van der Waals surface area contributed by atoms with Crippen LogP contribution >= 0.6 is 0 Å². The van der Waals surface area contributed by atoms with Crippen LogP contribution in [0.5, 0.6) is 5.75 Å². The smallest absolute Gasteiger partial charge is 0.158 e. The molecule has 1 heterocycles. The highest BCUT2D eigenvalue weighted by molar-refractivity contribution is 5.21. The van der Waals surface area contributed by atoms with Gasteiger partial charge in [0, 0.05) is 13.1 Å². The van der Waals surface area contributed by atoms with Gasteiger partial charge in [-0.25, -0.2) is 0 Å². The van der Waals surface area contributed by atoms with Crippen molar-refractivity contribution in [1.82, 2.24) is 9.78 Å². The van der Waals surface area contributed by atoms with E-state index in [0.717, 1.165) is 17.9 Å². The molecule has 0 saturated heterocycles. The lowest BCUT2D eigenvalue weighted by Gasteiger charge is -2.16. The molecule has 1 atom stereocenters. The Bertz CT molecular complexity index is 453. The van der Waals surface area contributed by atoms with Crippen molar-refractivity contribution in [3.05, 3.63) is 48.3 Å².